The Morgan fingerprint density at radius 2 is 1.70 bits per heavy atom. The molecular weight excluding hydrogens is 322 g/mol. The summed E-state index contributed by atoms with van der Waals surface area (Å²) >= 11 is 0. The van der Waals surface area contributed by atoms with Gasteiger partial charge in [0, 0.05) is 11.3 Å². The second kappa shape index (κ2) is 6.99. The van der Waals surface area contributed by atoms with Crippen molar-refractivity contribution in [2.45, 2.75) is 0 Å². The number of rotatable bonds is 5. The summed E-state index contributed by atoms with van der Waals surface area (Å²) in [5.41, 5.74) is 1.17. The minimum atomic E-state index is -4.51. The van der Waals surface area contributed by atoms with E-state index >= 15 is 0 Å². The lowest BCUT2D eigenvalue weighted by atomic mass is 10.2. The Hall–Kier alpha value is -2.78. The van der Waals surface area contributed by atoms with Gasteiger partial charge in [-0.3, -0.25) is 9.35 Å². The fourth-order valence-corrected chi connectivity index (χ4v) is 1.85. The van der Waals surface area contributed by atoms with Crippen molar-refractivity contribution in [2.75, 3.05) is 12.4 Å². The summed E-state index contributed by atoms with van der Waals surface area (Å²) in [6.45, 7) is 0. The van der Waals surface area contributed by atoms with Gasteiger partial charge in [0.2, 0.25) is 0 Å². The molecule has 0 heterocycles. The van der Waals surface area contributed by atoms with Crippen LogP contribution in [0, 0.1) is 0 Å². The van der Waals surface area contributed by atoms with Crippen LogP contribution in [0.4, 0.5) is 11.4 Å². The molecule has 120 valence electrons. The number of hydrogen-bond acceptors (Lipinski definition) is 5. The highest BCUT2D eigenvalue weighted by atomic mass is 32.2. The van der Waals surface area contributed by atoms with Crippen molar-refractivity contribution in [3.8, 4) is 5.75 Å². The molecule has 0 spiro atoms. The van der Waals surface area contributed by atoms with Crippen LogP contribution >= 0.6 is 0 Å². The third-order valence-electron chi connectivity index (χ3n) is 2.74. The number of ether oxygens (including phenoxy) is 1. The van der Waals surface area contributed by atoms with Gasteiger partial charge in [0.1, 0.15) is 5.75 Å². The van der Waals surface area contributed by atoms with Gasteiger partial charge in [0.05, 0.1) is 12.8 Å². The van der Waals surface area contributed by atoms with Crippen LogP contribution < -0.4 is 10.1 Å². The average Bonchev–Trinajstić information content (AvgIpc) is 2.53. The molecule has 0 bridgehead atoms. The molecule has 2 aromatic carbocycles. The maximum Gasteiger partial charge on any atom is 0.396 e. The number of carbonyl (C=O) groups excluding carboxylic acids is 1. The number of anilines is 1. The minimum Gasteiger partial charge on any atom is -0.497 e. The standard InChI is InChI=1S/C14H13N3O5S/c1-22-13-8-2-10(3-9-13)14(18)15-11-4-6-12(7-5-11)16-17-23(19,20)21/h2-9H,1H3,(H,15,18)(H,19,20,21). The minimum absolute atomic E-state index is 0.213. The SMILES string of the molecule is COc1ccc(C(=O)Nc2ccc(N=NS(=O)(=O)O)cc2)cc1. The third kappa shape index (κ3) is 5.16. The Balaban J connectivity index is 2.05. The highest BCUT2D eigenvalue weighted by Gasteiger charge is 2.06. The van der Waals surface area contributed by atoms with E-state index in [-0.39, 0.29) is 11.6 Å². The zero-order valence-electron chi connectivity index (χ0n) is 12.0. The molecule has 0 aliphatic heterocycles. The molecule has 2 aromatic rings. The molecule has 0 fully saturated rings. The second-order valence-electron chi connectivity index (χ2n) is 4.36. The monoisotopic (exact) mass is 335 g/mol. The van der Waals surface area contributed by atoms with E-state index in [0.717, 1.165) is 0 Å². The fourth-order valence-electron chi connectivity index (χ4n) is 1.66. The number of carbonyl (C=O) groups is 1. The topological polar surface area (TPSA) is 117 Å². The summed E-state index contributed by atoms with van der Waals surface area (Å²) in [6, 6.07) is 12.5. The summed E-state index contributed by atoms with van der Waals surface area (Å²) in [4.78, 5) is 12.0. The van der Waals surface area contributed by atoms with Crippen LogP contribution in [0.5, 0.6) is 5.75 Å². The highest BCUT2D eigenvalue weighted by molar-refractivity contribution is 7.84. The van der Waals surface area contributed by atoms with E-state index in [9.17, 15) is 13.2 Å². The van der Waals surface area contributed by atoms with Crippen molar-refractivity contribution in [1.29, 1.82) is 0 Å². The first-order chi connectivity index (χ1) is 10.9. The smallest absolute Gasteiger partial charge is 0.396 e. The van der Waals surface area contributed by atoms with Gasteiger partial charge >= 0.3 is 10.3 Å². The highest BCUT2D eigenvalue weighted by Crippen LogP contribution is 2.18. The van der Waals surface area contributed by atoms with Crippen LogP contribution in [0.15, 0.2) is 58.2 Å². The van der Waals surface area contributed by atoms with Crippen molar-refractivity contribution in [2.24, 2.45) is 9.63 Å². The Morgan fingerprint density at radius 3 is 2.22 bits per heavy atom. The van der Waals surface area contributed by atoms with Crippen molar-refractivity contribution in [3.63, 3.8) is 0 Å². The Labute approximate surface area is 132 Å². The molecule has 0 aromatic heterocycles. The predicted molar refractivity (Wildman–Crippen MR) is 83.5 cm³/mol. The van der Waals surface area contributed by atoms with Crippen LogP contribution in [-0.2, 0) is 10.3 Å². The predicted octanol–water partition coefficient (Wildman–Crippen LogP) is 2.83. The van der Waals surface area contributed by atoms with Gasteiger partial charge in [0.15, 0.2) is 0 Å². The zero-order chi connectivity index (χ0) is 16.9. The largest absolute Gasteiger partial charge is 0.497 e. The Morgan fingerprint density at radius 1 is 1.09 bits per heavy atom. The molecule has 0 saturated heterocycles. The first-order valence-corrected chi connectivity index (χ1v) is 7.73. The molecule has 2 rings (SSSR count). The van der Waals surface area contributed by atoms with Crippen LogP contribution in [0.1, 0.15) is 10.4 Å². The molecule has 0 atom stereocenters. The lowest BCUT2D eigenvalue weighted by Gasteiger charge is -2.06. The molecule has 8 nitrogen and oxygen atoms in total. The maximum atomic E-state index is 12.0. The molecule has 9 heteroatoms. The zero-order valence-corrected chi connectivity index (χ0v) is 12.8. The van der Waals surface area contributed by atoms with Crippen LogP contribution in [-0.4, -0.2) is 26.0 Å². The molecule has 1 amide bonds. The Kier molecular flexibility index (Phi) is 5.04. The molecule has 0 aliphatic rings. The van der Waals surface area contributed by atoms with E-state index < -0.39 is 10.3 Å². The van der Waals surface area contributed by atoms with Crippen LogP contribution in [0.25, 0.3) is 0 Å². The van der Waals surface area contributed by atoms with Gasteiger partial charge in [-0.1, -0.05) is 0 Å². The van der Waals surface area contributed by atoms with E-state index in [0.29, 0.717) is 17.0 Å². The van der Waals surface area contributed by atoms with Gasteiger partial charge in [0.25, 0.3) is 5.91 Å². The summed E-state index contributed by atoms with van der Waals surface area (Å²) in [6.07, 6.45) is 0. The summed E-state index contributed by atoms with van der Waals surface area (Å²) in [5.74, 6) is 0.343. The van der Waals surface area contributed by atoms with Gasteiger partial charge < -0.3 is 10.1 Å². The average molecular weight is 335 g/mol. The van der Waals surface area contributed by atoms with Gasteiger partial charge in [-0.15, -0.1) is 5.11 Å². The summed E-state index contributed by atoms with van der Waals surface area (Å²) < 4.78 is 37.1. The van der Waals surface area contributed by atoms with Crippen molar-refractivity contribution in [3.05, 3.63) is 54.1 Å². The van der Waals surface area contributed by atoms with E-state index in [1.165, 1.54) is 31.4 Å². The van der Waals surface area contributed by atoms with Gasteiger partial charge in [-0.25, -0.2) is 0 Å². The summed E-state index contributed by atoms with van der Waals surface area (Å²) in [5, 5.41) is 6.01. The first kappa shape index (κ1) is 16.6. The molecule has 23 heavy (non-hydrogen) atoms. The molecule has 0 aliphatic carbocycles. The molecule has 2 N–H and O–H groups in total. The van der Waals surface area contributed by atoms with Gasteiger partial charge in [-0.2, -0.15) is 8.42 Å². The van der Waals surface area contributed by atoms with E-state index in [1.54, 1.807) is 24.3 Å². The number of nitrogens with zero attached hydrogens (tertiary/aromatic N) is 2. The van der Waals surface area contributed by atoms with Crippen LogP contribution in [0.2, 0.25) is 0 Å². The molecular formula is C14H13N3O5S. The van der Waals surface area contributed by atoms with Crippen molar-refractivity contribution >= 4 is 27.6 Å². The van der Waals surface area contributed by atoms with E-state index in [4.69, 9.17) is 9.29 Å². The number of methoxy groups -OCH3 is 1. The van der Waals surface area contributed by atoms with E-state index in [2.05, 4.69) is 15.0 Å². The van der Waals surface area contributed by atoms with Gasteiger partial charge in [-0.05, 0) is 53.1 Å². The number of nitrogens with one attached hydrogen (secondary N) is 1. The van der Waals surface area contributed by atoms with Crippen molar-refractivity contribution < 1.29 is 22.5 Å². The quantitative estimate of drug-likeness (QED) is 0.643. The van der Waals surface area contributed by atoms with Crippen molar-refractivity contribution in [1.82, 2.24) is 0 Å². The van der Waals surface area contributed by atoms with E-state index in [1.807, 2.05) is 0 Å². The lowest BCUT2D eigenvalue weighted by Crippen LogP contribution is -2.11. The lowest BCUT2D eigenvalue weighted by molar-refractivity contribution is 0.102. The third-order valence-corrected chi connectivity index (χ3v) is 3.02. The summed E-state index contributed by atoms with van der Waals surface area (Å²) in [7, 11) is -2.98. The molecule has 0 saturated carbocycles. The van der Waals surface area contributed by atoms with Crippen LogP contribution in [0.3, 0.4) is 0 Å². The molecule has 0 unspecified atom stereocenters. The number of hydrogen-bond donors (Lipinski definition) is 2. The number of benzene rings is 2. The molecule has 0 radical (unpaired) electrons. The fraction of sp³-hybridized carbons (Fsp3) is 0.0714. The number of amides is 1. The maximum absolute atomic E-state index is 12.0. The Bertz CT molecular complexity index is 814. The second-order valence-corrected chi connectivity index (χ2v) is 5.42. The normalized spacial score (nSPS) is 11.4. The first-order valence-electron chi connectivity index (χ1n) is 6.33.